The van der Waals surface area contributed by atoms with Gasteiger partial charge in [0.1, 0.15) is 0 Å². The van der Waals surface area contributed by atoms with Crippen molar-refractivity contribution in [3.05, 3.63) is 0 Å². The van der Waals surface area contributed by atoms with Crippen LogP contribution in [0, 0.1) is 11.3 Å². The third-order valence-corrected chi connectivity index (χ3v) is 4.61. The molecule has 4 saturated carbocycles. The van der Waals surface area contributed by atoms with Gasteiger partial charge >= 0.3 is 6.18 Å². The third-order valence-electron chi connectivity index (χ3n) is 4.61. The number of rotatable bonds is 0. The lowest BCUT2D eigenvalue weighted by Crippen LogP contribution is -2.66. The van der Waals surface area contributed by atoms with Crippen LogP contribution in [-0.4, -0.2) is 27.6 Å². The van der Waals surface area contributed by atoms with Crippen molar-refractivity contribution in [2.24, 2.45) is 11.3 Å². The molecule has 4 fully saturated rings. The first-order valence-corrected chi connectivity index (χ1v) is 5.67. The third kappa shape index (κ3) is 1.27. The second kappa shape index (κ2) is 2.58. The Balaban J connectivity index is 2.05. The average Bonchev–Trinajstić information content (AvgIpc) is 1.92. The van der Waals surface area contributed by atoms with Crippen molar-refractivity contribution >= 4 is 0 Å². The fourth-order valence-electron chi connectivity index (χ4n) is 4.65. The quantitative estimate of drug-likeness (QED) is 0.675. The minimum atomic E-state index is -4.31. The van der Waals surface area contributed by atoms with E-state index in [1.165, 1.54) is 0 Å². The fraction of sp³-hybridized carbons (Fsp3) is 1.00. The molecule has 0 amide bonds. The van der Waals surface area contributed by atoms with Gasteiger partial charge in [-0.25, -0.2) is 0 Å². The summed E-state index contributed by atoms with van der Waals surface area (Å²) in [7, 11) is 0. The summed E-state index contributed by atoms with van der Waals surface area (Å²) in [5, 5.41) is 20.3. The second-order valence-electron chi connectivity index (χ2n) is 6.24. The Bertz CT molecular complexity index is 321. The maximum Gasteiger partial charge on any atom is 0.394 e. The lowest BCUT2D eigenvalue weighted by Gasteiger charge is -2.63. The highest BCUT2D eigenvalue weighted by Crippen LogP contribution is 2.67. The molecule has 4 aliphatic rings. The van der Waals surface area contributed by atoms with Gasteiger partial charge in [0, 0.05) is 6.42 Å². The number of halogens is 3. The Morgan fingerprint density at radius 2 is 1.38 bits per heavy atom. The molecular weight excluding hydrogens is 221 g/mol. The molecule has 4 aliphatic carbocycles. The summed E-state index contributed by atoms with van der Waals surface area (Å²) in [6, 6.07) is 0. The maximum atomic E-state index is 13.1. The second-order valence-corrected chi connectivity index (χ2v) is 6.24. The van der Waals surface area contributed by atoms with Gasteiger partial charge in [-0.3, -0.25) is 0 Å². The maximum absolute atomic E-state index is 13.1. The smallest absolute Gasteiger partial charge is 0.390 e. The van der Waals surface area contributed by atoms with Crippen LogP contribution in [0.4, 0.5) is 13.2 Å². The van der Waals surface area contributed by atoms with E-state index >= 15 is 0 Å². The molecule has 2 unspecified atom stereocenters. The summed E-state index contributed by atoms with van der Waals surface area (Å²) in [5.41, 5.74) is -4.41. The van der Waals surface area contributed by atoms with Crippen LogP contribution in [0.5, 0.6) is 0 Å². The highest BCUT2D eigenvalue weighted by Gasteiger charge is 2.70. The van der Waals surface area contributed by atoms with Crippen molar-refractivity contribution in [1.29, 1.82) is 0 Å². The highest BCUT2D eigenvalue weighted by atomic mass is 19.4. The number of hydrogen-bond acceptors (Lipinski definition) is 2. The summed E-state index contributed by atoms with van der Waals surface area (Å²) < 4.78 is 39.3. The Morgan fingerprint density at radius 1 is 0.875 bits per heavy atom. The van der Waals surface area contributed by atoms with Crippen LogP contribution < -0.4 is 0 Å². The minimum Gasteiger partial charge on any atom is -0.390 e. The summed E-state index contributed by atoms with van der Waals surface area (Å²) in [6.07, 6.45) is -3.70. The molecule has 0 saturated heterocycles. The molecule has 0 heterocycles. The largest absolute Gasteiger partial charge is 0.394 e. The van der Waals surface area contributed by atoms with E-state index in [9.17, 15) is 23.4 Å². The molecule has 16 heavy (non-hydrogen) atoms. The number of aliphatic hydroxyl groups is 2. The zero-order valence-electron chi connectivity index (χ0n) is 8.85. The Hall–Kier alpha value is -0.290. The van der Waals surface area contributed by atoms with Crippen molar-refractivity contribution in [2.75, 3.05) is 0 Å². The van der Waals surface area contributed by atoms with Gasteiger partial charge in [-0.15, -0.1) is 0 Å². The van der Waals surface area contributed by atoms with E-state index in [1.54, 1.807) is 0 Å². The van der Waals surface area contributed by atoms with Crippen LogP contribution in [0.15, 0.2) is 0 Å². The molecule has 0 aromatic carbocycles. The SMILES string of the molecule is OC12CC3CC(O)(C1)CC(C(F)(F)F)(C3)C2. The lowest BCUT2D eigenvalue weighted by atomic mass is 9.46. The van der Waals surface area contributed by atoms with Crippen LogP contribution in [0.1, 0.15) is 38.5 Å². The molecule has 4 rings (SSSR count). The monoisotopic (exact) mass is 236 g/mol. The van der Waals surface area contributed by atoms with E-state index in [-0.39, 0.29) is 31.6 Å². The standard InChI is InChI=1S/C11H15F3O2/c12-11(13,14)8-1-7-2-9(15,4-8)6-10(16,3-7)5-8/h7,15-16H,1-6H2. The predicted octanol–water partition coefficient (Wildman–Crippen LogP) is 1.99. The van der Waals surface area contributed by atoms with Gasteiger partial charge in [0.05, 0.1) is 16.6 Å². The van der Waals surface area contributed by atoms with Gasteiger partial charge in [0.25, 0.3) is 0 Å². The van der Waals surface area contributed by atoms with Gasteiger partial charge in [-0.2, -0.15) is 13.2 Å². The normalized spacial score (nSPS) is 55.7. The topological polar surface area (TPSA) is 40.5 Å². The summed E-state index contributed by atoms with van der Waals surface area (Å²) in [5.74, 6) is -0.173. The van der Waals surface area contributed by atoms with Crippen LogP contribution >= 0.6 is 0 Å². The van der Waals surface area contributed by atoms with E-state index in [1.807, 2.05) is 0 Å². The number of alkyl halides is 3. The van der Waals surface area contributed by atoms with E-state index in [0.717, 1.165) is 0 Å². The van der Waals surface area contributed by atoms with Crippen LogP contribution in [0.25, 0.3) is 0 Å². The van der Waals surface area contributed by atoms with Crippen molar-refractivity contribution in [1.82, 2.24) is 0 Å². The fourth-order valence-corrected chi connectivity index (χ4v) is 4.65. The average molecular weight is 236 g/mol. The molecule has 0 aliphatic heterocycles. The van der Waals surface area contributed by atoms with Crippen LogP contribution in [-0.2, 0) is 0 Å². The molecular formula is C11H15F3O2. The first-order valence-electron chi connectivity index (χ1n) is 5.67. The Kier molecular flexibility index (Phi) is 1.75. The molecule has 0 spiro atoms. The molecule has 0 aromatic heterocycles. The van der Waals surface area contributed by atoms with Crippen molar-refractivity contribution < 1.29 is 23.4 Å². The first kappa shape index (κ1) is 10.8. The molecule has 0 aromatic rings. The lowest BCUT2D eigenvalue weighted by molar-refractivity contribution is -0.324. The number of hydrogen-bond donors (Lipinski definition) is 2. The van der Waals surface area contributed by atoms with Gasteiger partial charge < -0.3 is 10.2 Å². The van der Waals surface area contributed by atoms with Crippen molar-refractivity contribution in [3.8, 4) is 0 Å². The first-order chi connectivity index (χ1) is 7.16. The van der Waals surface area contributed by atoms with Crippen molar-refractivity contribution in [2.45, 2.75) is 55.9 Å². The highest BCUT2D eigenvalue weighted by molar-refractivity contribution is 5.16. The molecule has 92 valence electrons. The predicted molar refractivity (Wildman–Crippen MR) is 49.6 cm³/mol. The zero-order valence-corrected chi connectivity index (χ0v) is 8.85. The molecule has 2 N–H and O–H groups in total. The summed E-state index contributed by atoms with van der Waals surface area (Å²) in [4.78, 5) is 0. The van der Waals surface area contributed by atoms with E-state index in [4.69, 9.17) is 0 Å². The van der Waals surface area contributed by atoms with E-state index < -0.39 is 22.8 Å². The Morgan fingerprint density at radius 3 is 1.75 bits per heavy atom. The van der Waals surface area contributed by atoms with E-state index in [0.29, 0.717) is 12.8 Å². The zero-order chi connectivity index (χ0) is 11.8. The van der Waals surface area contributed by atoms with Gasteiger partial charge in [-0.1, -0.05) is 0 Å². The molecule has 2 nitrogen and oxygen atoms in total. The molecule has 0 radical (unpaired) electrons. The molecule has 4 bridgehead atoms. The van der Waals surface area contributed by atoms with Crippen molar-refractivity contribution in [3.63, 3.8) is 0 Å². The van der Waals surface area contributed by atoms with Gasteiger partial charge in [0.15, 0.2) is 0 Å². The van der Waals surface area contributed by atoms with Crippen LogP contribution in [0.3, 0.4) is 0 Å². The van der Waals surface area contributed by atoms with E-state index in [2.05, 4.69) is 0 Å². The van der Waals surface area contributed by atoms with Gasteiger partial charge in [-0.05, 0) is 38.0 Å². The summed E-state index contributed by atoms with van der Waals surface area (Å²) in [6.45, 7) is 0. The van der Waals surface area contributed by atoms with Gasteiger partial charge in [0.2, 0.25) is 0 Å². The minimum absolute atomic E-state index is 0.0844. The molecule has 2 atom stereocenters. The molecule has 5 heteroatoms. The Labute approximate surface area is 91.5 Å². The van der Waals surface area contributed by atoms with Crippen LogP contribution in [0.2, 0.25) is 0 Å². The summed E-state index contributed by atoms with van der Waals surface area (Å²) >= 11 is 0.